The number of benzene rings is 2. The third-order valence-corrected chi connectivity index (χ3v) is 5.17. The molecule has 2 aromatic carbocycles. The molecule has 0 fully saturated rings. The first-order chi connectivity index (χ1) is 11.5. The quantitative estimate of drug-likeness (QED) is 0.750. The summed E-state index contributed by atoms with van der Waals surface area (Å²) in [5, 5.41) is 0. The van der Waals surface area contributed by atoms with Crippen LogP contribution in [0, 0.1) is 6.92 Å². The summed E-state index contributed by atoms with van der Waals surface area (Å²) in [4.78, 5) is 4.52. The van der Waals surface area contributed by atoms with E-state index in [4.69, 9.17) is 0 Å². The predicted octanol–water partition coefficient (Wildman–Crippen LogP) is 2.72. The van der Waals surface area contributed by atoms with Crippen molar-refractivity contribution in [1.82, 2.24) is 14.3 Å². The topological polar surface area (TPSA) is 64.0 Å². The van der Waals surface area contributed by atoms with E-state index in [1.165, 1.54) is 0 Å². The van der Waals surface area contributed by atoms with Crippen LogP contribution in [0.1, 0.15) is 17.0 Å². The molecule has 0 atom stereocenters. The maximum atomic E-state index is 12.4. The number of aromatic nitrogens is 2. The van der Waals surface area contributed by atoms with E-state index >= 15 is 0 Å². The van der Waals surface area contributed by atoms with E-state index in [0.29, 0.717) is 12.4 Å². The number of nitrogens with one attached hydrogen (secondary N) is 1. The fourth-order valence-electron chi connectivity index (χ4n) is 2.39. The number of imidazole rings is 1. The average Bonchev–Trinajstić information content (AvgIpc) is 3.02. The monoisotopic (exact) mass is 341 g/mol. The van der Waals surface area contributed by atoms with Crippen LogP contribution in [0.15, 0.2) is 71.9 Å². The zero-order chi connectivity index (χ0) is 17.0. The van der Waals surface area contributed by atoms with Crippen LogP contribution in [-0.2, 0) is 23.1 Å². The zero-order valence-corrected chi connectivity index (χ0v) is 14.2. The number of nitrogens with zero attached hydrogens (tertiary/aromatic N) is 2. The van der Waals surface area contributed by atoms with E-state index in [0.717, 1.165) is 11.1 Å². The summed E-state index contributed by atoms with van der Waals surface area (Å²) in [5.74, 6) is 0.675. The van der Waals surface area contributed by atoms with Gasteiger partial charge in [-0.05, 0) is 24.6 Å². The molecule has 1 heterocycles. The van der Waals surface area contributed by atoms with Gasteiger partial charge in [0, 0.05) is 18.9 Å². The van der Waals surface area contributed by atoms with Gasteiger partial charge in [-0.15, -0.1) is 0 Å². The van der Waals surface area contributed by atoms with Gasteiger partial charge in [0.1, 0.15) is 5.82 Å². The Morgan fingerprint density at radius 2 is 1.75 bits per heavy atom. The van der Waals surface area contributed by atoms with Crippen LogP contribution in [0.5, 0.6) is 0 Å². The predicted molar refractivity (Wildman–Crippen MR) is 93.0 cm³/mol. The highest BCUT2D eigenvalue weighted by atomic mass is 32.2. The van der Waals surface area contributed by atoms with Crippen molar-refractivity contribution in [2.24, 2.45) is 0 Å². The lowest BCUT2D eigenvalue weighted by Crippen LogP contribution is -2.25. The lowest BCUT2D eigenvalue weighted by Gasteiger charge is -2.10. The summed E-state index contributed by atoms with van der Waals surface area (Å²) in [6.45, 7) is 2.72. The minimum Gasteiger partial charge on any atom is -0.329 e. The molecule has 124 valence electrons. The van der Waals surface area contributed by atoms with Crippen LogP contribution >= 0.6 is 0 Å². The van der Waals surface area contributed by atoms with Crippen LogP contribution in [0.4, 0.5) is 0 Å². The highest BCUT2D eigenvalue weighted by molar-refractivity contribution is 7.89. The Labute approximate surface area is 142 Å². The van der Waals surface area contributed by atoms with Gasteiger partial charge >= 0.3 is 0 Å². The summed E-state index contributed by atoms with van der Waals surface area (Å²) < 4.78 is 29.3. The first-order valence-corrected chi connectivity index (χ1v) is 9.13. The Bertz CT molecular complexity index is 901. The summed E-state index contributed by atoms with van der Waals surface area (Å²) >= 11 is 0. The lowest BCUT2D eigenvalue weighted by molar-refractivity contribution is 0.576. The van der Waals surface area contributed by atoms with Gasteiger partial charge in [0.15, 0.2) is 0 Å². The molecule has 0 bridgehead atoms. The van der Waals surface area contributed by atoms with E-state index in [9.17, 15) is 8.42 Å². The third-order valence-electron chi connectivity index (χ3n) is 3.75. The number of rotatable bonds is 6. The normalized spacial score (nSPS) is 11.5. The van der Waals surface area contributed by atoms with Gasteiger partial charge in [-0.25, -0.2) is 18.1 Å². The molecule has 0 saturated heterocycles. The molecule has 0 spiro atoms. The van der Waals surface area contributed by atoms with Crippen molar-refractivity contribution in [3.63, 3.8) is 0 Å². The van der Waals surface area contributed by atoms with E-state index < -0.39 is 10.0 Å². The number of hydrogen-bond acceptors (Lipinski definition) is 3. The summed E-state index contributed by atoms with van der Waals surface area (Å²) in [6.07, 6.45) is 3.53. The van der Waals surface area contributed by atoms with Gasteiger partial charge in [-0.3, -0.25) is 0 Å². The highest BCUT2D eigenvalue weighted by Crippen LogP contribution is 2.11. The Morgan fingerprint density at radius 1 is 1.04 bits per heavy atom. The van der Waals surface area contributed by atoms with Crippen LogP contribution < -0.4 is 4.72 Å². The molecular weight excluding hydrogens is 322 g/mol. The molecule has 0 amide bonds. The van der Waals surface area contributed by atoms with Gasteiger partial charge in [-0.2, -0.15) is 0 Å². The van der Waals surface area contributed by atoms with E-state index in [2.05, 4.69) is 9.71 Å². The van der Waals surface area contributed by atoms with Crippen LogP contribution in [0.25, 0.3) is 0 Å². The molecule has 1 N–H and O–H groups in total. The second kappa shape index (κ2) is 6.98. The van der Waals surface area contributed by atoms with Gasteiger partial charge in [0.05, 0.1) is 11.4 Å². The van der Waals surface area contributed by atoms with Crippen molar-refractivity contribution in [2.75, 3.05) is 0 Å². The summed E-state index contributed by atoms with van der Waals surface area (Å²) in [5.41, 5.74) is 2.16. The molecule has 5 nitrogen and oxygen atoms in total. The van der Waals surface area contributed by atoms with Crippen molar-refractivity contribution < 1.29 is 8.42 Å². The van der Waals surface area contributed by atoms with Crippen LogP contribution in [-0.4, -0.2) is 18.0 Å². The zero-order valence-electron chi connectivity index (χ0n) is 13.4. The van der Waals surface area contributed by atoms with Crippen LogP contribution in [0.3, 0.4) is 0 Å². The fraction of sp³-hybridized carbons (Fsp3) is 0.167. The fourth-order valence-corrected chi connectivity index (χ4v) is 3.37. The smallest absolute Gasteiger partial charge is 0.240 e. The Kier molecular flexibility index (Phi) is 4.78. The molecule has 0 saturated carbocycles. The number of hydrogen-bond donors (Lipinski definition) is 1. The van der Waals surface area contributed by atoms with Gasteiger partial charge < -0.3 is 4.57 Å². The maximum absolute atomic E-state index is 12.4. The summed E-state index contributed by atoms with van der Waals surface area (Å²) in [7, 11) is -3.55. The number of sulfonamides is 1. The van der Waals surface area contributed by atoms with Crippen molar-refractivity contribution in [1.29, 1.82) is 0 Å². The Balaban J connectivity index is 1.71. The SMILES string of the molecule is Cc1ccc(S(=O)(=O)NCc2nccn2Cc2ccccc2)cc1. The molecule has 24 heavy (non-hydrogen) atoms. The van der Waals surface area contributed by atoms with Gasteiger partial charge in [0.25, 0.3) is 0 Å². The molecule has 0 unspecified atom stereocenters. The first-order valence-electron chi connectivity index (χ1n) is 7.65. The highest BCUT2D eigenvalue weighted by Gasteiger charge is 2.14. The minimum absolute atomic E-state index is 0.149. The molecule has 3 rings (SSSR count). The molecule has 1 aromatic heterocycles. The van der Waals surface area contributed by atoms with Gasteiger partial charge in [-0.1, -0.05) is 48.0 Å². The van der Waals surface area contributed by atoms with Gasteiger partial charge in [0.2, 0.25) is 10.0 Å². The van der Waals surface area contributed by atoms with E-state index in [-0.39, 0.29) is 11.4 Å². The molecule has 0 aliphatic rings. The van der Waals surface area contributed by atoms with E-state index in [1.54, 1.807) is 30.5 Å². The molecular formula is C18H19N3O2S. The second-order valence-electron chi connectivity index (χ2n) is 5.59. The largest absolute Gasteiger partial charge is 0.329 e. The summed E-state index contributed by atoms with van der Waals surface area (Å²) in [6, 6.07) is 16.8. The Morgan fingerprint density at radius 3 is 2.46 bits per heavy atom. The number of aryl methyl sites for hydroxylation is 1. The maximum Gasteiger partial charge on any atom is 0.240 e. The second-order valence-corrected chi connectivity index (χ2v) is 7.36. The molecule has 6 heteroatoms. The van der Waals surface area contributed by atoms with Crippen molar-refractivity contribution in [3.8, 4) is 0 Å². The molecule has 0 aliphatic heterocycles. The lowest BCUT2D eigenvalue weighted by atomic mass is 10.2. The Hall–Kier alpha value is -2.44. The van der Waals surface area contributed by atoms with Crippen molar-refractivity contribution in [2.45, 2.75) is 24.9 Å². The first kappa shape index (κ1) is 16.4. The van der Waals surface area contributed by atoms with Crippen molar-refractivity contribution in [3.05, 3.63) is 83.9 Å². The standard InChI is InChI=1S/C18H19N3O2S/c1-15-7-9-17(10-8-15)24(22,23)20-13-18-19-11-12-21(18)14-16-5-3-2-4-6-16/h2-12,20H,13-14H2,1H3. The minimum atomic E-state index is -3.55. The van der Waals surface area contributed by atoms with Crippen molar-refractivity contribution >= 4 is 10.0 Å². The molecule has 0 radical (unpaired) electrons. The molecule has 3 aromatic rings. The molecule has 0 aliphatic carbocycles. The third kappa shape index (κ3) is 3.90. The van der Waals surface area contributed by atoms with Crippen LogP contribution in [0.2, 0.25) is 0 Å². The average molecular weight is 341 g/mol. The van der Waals surface area contributed by atoms with E-state index in [1.807, 2.05) is 48.0 Å².